The number of nitrogens with zero attached hydrogens (tertiary/aromatic N) is 2. The summed E-state index contributed by atoms with van der Waals surface area (Å²) in [6.45, 7) is 0.457. The summed E-state index contributed by atoms with van der Waals surface area (Å²) in [7, 11) is 0. The molecular formula is C25H25Cl2N3O3S. The molecule has 34 heavy (non-hydrogen) atoms. The number of halogens is 2. The molecule has 0 unspecified atom stereocenters. The van der Waals surface area contributed by atoms with Crippen molar-refractivity contribution in [3.63, 3.8) is 0 Å². The number of carbonyl (C=O) groups excluding carboxylic acids is 3. The van der Waals surface area contributed by atoms with E-state index in [1.165, 1.54) is 4.90 Å². The predicted molar refractivity (Wildman–Crippen MR) is 137 cm³/mol. The van der Waals surface area contributed by atoms with E-state index in [9.17, 15) is 14.4 Å². The van der Waals surface area contributed by atoms with Crippen molar-refractivity contribution in [2.24, 2.45) is 11.8 Å². The molecule has 5 rings (SSSR count). The zero-order valence-corrected chi connectivity index (χ0v) is 21.0. The number of anilines is 2. The van der Waals surface area contributed by atoms with Crippen molar-refractivity contribution in [1.29, 1.82) is 0 Å². The summed E-state index contributed by atoms with van der Waals surface area (Å²) in [6, 6.07) is 13.9. The molecule has 2 aromatic carbocycles. The molecule has 0 aliphatic carbocycles. The maximum absolute atomic E-state index is 14.1. The Hall–Kier alpha value is -2.06. The van der Waals surface area contributed by atoms with Gasteiger partial charge in [-0.05, 0) is 55.2 Å². The third kappa shape index (κ3) is 3.40. The van der Waals surface area contributed by atoms with E-state index in [2.05, 4.69) is 5.32 Å². The average Bonchev–Trinajstić information content (AvgIpc) is 3.40. The van der Waals surface area contributed by atoms with Gasteiger partial charge in [-0.1, -0.05) is 29.8 Å². The van der Waals surface area contributed by atoms with Gasteiger partial charge in [0.2, 0.25) is 11.8 Å². The molecule has 6 nitrogen and oxygen atoms in total. The number of imide groups is 1. The Morgan fingerprint density at radius 3 is 2.50 bits per heavy atom. The lowest BCUT2D eigenvalue weighted by Gasteiger charge is -2.30. The molecule has 0 radical (unpaired) electrons. The van der Waals surface area contributed by atoms with Crippen molar-refractivity contribution >= 4 is 64.1 Å². The number of benzene rings is 2. The lowest BCUT2D eigenvalue weighted by atomic mass is 9.76. The van der Waals surface area contributed by atoms with Gasteiger partial charge >= 0.3 is 0 Å². The van der Waals surface area contributed by atoms with Gasteiger partial charge in [0, 0.05) is 34.7 Å². The van der Waals surface area contributed by atoms with Crippen molar-refractivity contribution in [3.05, 3.63) is 59.1 Å². The van der Waals surface area contributed by atoms with Crippen molar-refractivity contribution in [3.8, 4) is 0 Å². The molecule has 4 atom stereocenters. The van der Waals surface area contributed by atoms with Crippen LogP contribution in [0.15, 0.2) is 48.5 Å². The Labute approximate surface area is 212 Å². The van der Waals surface area contributed by atoms with Gasteiger partial charge < -0.3 is 4.90 Å². The van der Waals surface area contributed by atoms with E-state index >= 15 is 0 Å². The molecule has 3 aliphatic rings. The summed E-state index contributed by atoms with van der Waals surface area (Å²) in [6.07, 6.45) is 3.31. The van der Waals surface area contributed by atoms with Gasteiger partial charge in [0.25, 0.3) is 5.91 Å². The van der Waals surface area contributed by atoms with Crippen LogP contribution < -0.4 is 15.1 Å². The van der Waals surface area contributed by atoms with Crippen LogP contribution in [0.2, 0.25) is 5.02 Å². The largest absolute Gasteiger partial charge is 0.310 e. The monoisotopic (exact) mass is 517 g/mol. The van der Waals surface area contributed by atoms with Crippen LogP contribution in [0.1, 0.15) is 18.4 Å². The maximum Gasteiger partial charge on any atom is 0.252 e. The topological polar surface area (TPSA) is 69.7 Å². The molecule has 1 N–H and O–H groups in total. The highest BCUT2D eigenvalue weighted by atomic mass is 35.5. The van der Waals surface area contributed by atoms with Gasteiger partial charge in [-0.15, -0.1) is 11.6 Å². The predicted octanol–water partition coefficient (Wildman–Crippen LogP) is 4.04. The molecule has 9 heteroatoms. The summed E-state index contributed by atoms with van der Waals surface area (Å²) in [4.78, 5) is 44.8. The first-order chi connectivity index (χ1) is 16.5. The van der Waals surface area contributed by atoms with Crippen molar-refractivity contribution < 1.29 is 14.4 Å². The van der Waals surface area contributed by atoms with Crippen LogP contribution in [0.5, 0.6) is 0 Å². The first-order valence-electron chi connectivity index (χ1n) is 11.3. The average molecular weight is 518 g/mol. The van der Waals surface area contributed by atoms with Crippen LogP contribution in [0.4, 0.5) is 11.4 Å². The number of hydrogen-bond donors (Lipinski definition) is 1. The maximum atomic E-state index is 14.1. The van der Waals surface area contributed by atoms with E-state index in [1.54, 1.807) is 40.9 Å². The van der Waals surface area contributed by atoms with Crippen LogP contribution in [0, 0.1) is 11.8 Å². The van der Waals surface area contributed by atoms with Crippen molar-refractivity contribution in [2.45, 2.75) is 24.4 Å². The van der Waals surface area contributed by atoms with Gasteiger partial charge in [0.15, 0.2) is 0 Å². The number of amides is 3. The van der Waals surface area contributed by atoms with Crippen LogP contribution >= 0.6 is 35.0 Å². The van der Waals surface area contributed by atoms with Crippen LogP contribution in [0.3, 0.4) is 0 Å². The third-order valence-electron chi connectivity index (χ3n) is 7.10. The molecule has 3 heterocycles. The van der Waals surface area contributed by atoms with Gasteiger partial charge in [-0.2, -0.15) is 11.8 Å². The van der Waals surface area contributed by atoms with Crippen molar-refractivity contribution in [1.82, 2.24) is 5.32 Å². The highest BCUT2D eigenvalue weighted by Gasteiger charge is 2.71. The number of nitrogens with one attached hydrogen (secondary N) is 1. The fraction of sp³-hybridized carbons (Fsp3) is 0.400. The van der Waals surface area contributed by atoms with Crippen LogP contribution in [0.25, 0.3) is 0 Å². The lowest BCUT2D eigenvalue weighted by molar-refractivity contribution is -0.132. The van der Waals surface area contributed by atoms with E-state index in [-0.39, 0.29) is 23.8 Å². The first-order valence-corrected chi connectivity index (χ1v) is 13.6. The van der Waals surface area contributed by atoms with Gasteiger partial charge in [-0.3, -0.25) is 19.7 Å². The Bertz CT molecular complexity index is 1140. The molecule has 2 aromatic rings. The molecule has 0 saturated carbocycles. The van der Waals surface area contributed by atoms with Crippen molar-refractivity contribution in [2.75, 3.05) is 34.2 Å². The summed E-state index contributed by atoms with van der Waals surface area (Å²) in [5.41, 5.74) is 0.741. The van der Waals surface area contributed by atoms with E-state index in [0.717, 1.165) is 17.0 Å². The smallest absolute Gasteiger partial charge is 0.252 e. The minimum Gasteiger partial charge on any atom is -0.310 e. The van der Waals surface area contributed by atoms with E-state index < -0.39 is 17.4 Å². The normalized spacial score (nSPS) is 27.7. The minimum absolute atomic E-state index is 0.181. The Kier molecular flexibility index (Phi) is 6.40. The number of para-hydroxylation sites is 1. The van der Waals surface area contributed by atoms with Gasteiger partial charge in [0.1, 0.15) is 5.54 Å². The number of carbonyl (C=O) groups is 3. The van der Waals surface area contributed by atoms with E-state index in [1.807, 2.05) is 30.5 Å². The summed E-state index contributed by atoms with van der Waals surface area (Å²) in [5, 5.41) is 4.05. The highest BCUT2D eigenvalue weighted by molar-refractivity contribution is 7.98. The fourth-order valence-corrected chi connectivity index (χ4v) is 6.46. The molecule has 0 aromatic heterocycles. The fourth-order valence-electron chi connectivity index (χ4n) is 5.72. The standard InChI is InChI=1S/C25H25Cl2N3O3S/c1-34-14-11-18-20-21(23(32)30(22(20)31)16-9-7-15(27)8-10-16)25(28-18)17-5-2-3-6-19(17)29(24(25)33)13-4-12-26/h2-3,5-10,18,20-21,28H,4,11-14H2,1H3/t18-,20-,21+,25-/m0/s1. The Balaban J connectivity index is 1.64. The third-order valence-corrected chi connectivity index (χ3v) is 8.26. The zero-order valence-electron chi connectivity index (χ0n) is 18.7. The molecule has 3 amide bonds. The number of thioether (sulfide) groups is 1. The highest BCUT2D eigenvalue weighted by Crippen LogP contribution is 2.55. The molecule has 1 spiro atoms. The molecule has 3 aliphatic heterocycles. The molecule has 0 bridgehead atoms. The van der Waals surface area contributed by atoms with Crippen LogP contribution in [-0.4, -0.2) is 48.2 Å². The SMILES string of the molecule is CSCC[C@@H]1N[C@]2(C(=O)N(CCCCl)c3ccccc32)[C@H]2C(=O)N(c3ccc(Cl)cc3)C(=O)[C@@H]12. The zero-order chi connectivity index (χ0) is 24.0. The Morgan fingerprint density at radius 2 is 1.79 bits per heavy atom. The minimum atomic E-state index is -1.27. The second-order valence-corrected chi connectivity index (χ2v) is 10.6. The second kappa shape index (κ2) is 9.19. The number of hydrogen-bond acceptors (Lipinski definition) is 5. The second-order valence-electron chi connectivity index (χ2n) is 8.85. The molecular weight excluding hydrogens is 493 g/mol. The van der Waals surface area contributed by atoms with Crippen LogP contribution in [-0.2, 0) is 19.9 Å². The molecule has 2 fully saturated rings. The summed E-state index contributed by atoms with van der Waals surface area (Å²) >= 11 is 13.7. The quantitative estimate of drug-likeness (QED) is 0.443. The lowest BCUT2D eigenvalue weighted by Crippen LogP contribution is -2.55. The molecule has 178 valence electrons. The summed E-state index contributed by atoms with van der Waals surface area (Å²) in [5.74, 6) is -1.00. The Morgan fingerprint density at radius 1 is 1.06 bits per heavy atom. The van der Waals surface area contributed by atoms with Gasteiger partial charge in [0.05, 0.1) is 17.5 Å². The molecule has 2 saturated heterocycles. The summed E-state index contributed by atoms with van der Waals surface area (Å²) < 4.78 is 0. The number of alkyl halides is 1. The van der Waals surface area contributed by atoms with Gasteiger partial charge in [-0.25, -0.2) is 4.90 Å². The first kappa shape index (κ1) is 23.7. The number of rotatable bonds is 7. The van der Waals surface area contributed by atoms with E-state index in [4.69, 9.17) is 23.2 Å². The van der Waals surface area contributed by atoms with E-state index in [0.29, 0.717) is 36.0 Å². The number of fused-ring (bicyclic) bond motifs is 4.